The zero-order valence-electron chi connectivity index (χ0n) is 12.9. The van der Waals surface area contributed by atoms with Gasteiger partial charge in [-0.1, -0.05) is 6.92 Å². The lowest BCUT2D eigenvalue weighted by molar-refractivity contribution is -0.123. The van der Waals surface area contributed by atoms with Crippen LogP contribution in [0.1, 0.15) is 36.5 Å². The molecule has 0 aliphatic carbocycles. The van der Waals surface area contributed by atoms with Gasteiger partial charge in [0.1, 0.15) is 5.75 Å². The quantitative estimate of drug-likeness (QED) is 0.803. The second kappa shape index (κ2) is 7.15. The number of carbonyl (C=O) groups excluding carboxylic acids is 2. The molecular formula is C16H23N3O3. The van der Waals surface area contributed by atoms with Crippen LogP contribution >= 0.6 is 0 Å². The first kappa shape index (κ1) is 16.1. The molecule has 1 fully saturated rings. The van der Waals surface area contributed by atoms with E-state index in [1.54, 1.807) is 23.1 Å². The van der Waals surface area contributed by atoms with E-state index in [4.69, 9.17) is 16.2 Å². The fraction of sp³-hybridized carbons (Fsp3) is 0.500. The van der Waals surface area contributed by atoms with Crippen LogP contribution in [-0.2, 0) is 4.79 Å². The number of nitrogens with zero attached hydrogens (tertiary/aromatic N) is 1. The molecule has 1 aliphatic heterocycles. The standard InChI is InChI=1S/C16H23N3O3/c1-2-9-22-14-10-12(3-4-13(14)17)16(21)19-7-5-11(6-8-19)15(18)20/h3-4,10-11H,2,5-9,17H2,1H3,(H2,18,20). The molecule has 1 heterocycles. The lowest BCUT2D eigenvalue weighted by Gasteiger charge is -2.30. The number of ether oxygens (including phenoxy) is 1. The maximum Gasteiger partial charge on any atom is 0.253 e. The predicted molar refractivity (Wildman–Crippen MR) is 84.5 cm³/mol. The third kappa shape index (κ3) is 3.69. The maximum absolute atomic E-state index is 12.5. The third-order valence-corrected chi connectivity index (χ3v) is 3.91. The van der Waals surface area contributed by atoms with Crippen molar-refractivity contribution >= 4 is 17.5 Å². The normalized spacial score (nSPS) is 15.6. The van der Waals surface area contributed by atoms with E-state index in [0.29, 0.717) is 49.5 Å². The molecule has 2 amide bonds. The van der Waals surface area contributed by atoms with Crippen LogP contribution in [0.2, 0.25) is 0 Å². The smallest absolute Gasteiger partial charge is 0.253 e. The Bertz CT molecular complexity index is 552. The van der Waals surface area contributed by atoms with Gasteiger partial charge >= 0.3 is 0 Å². The summed E-state index contributed by atoms with van der Waals surface area (Å²) in [5.41, 5.74) is 12.2. The van der Waals surface area contributed by atoms with Crippen LogP contribution in [0.5, 0.6) is 5.75 Å². The topological polar surface area (TPSA) is 98.6 Å². The summed E-state index contributed by atoms with van der Waals surface area (Å²) in [5.74, 6) is 0.0674. The van der Waals surface area contributed by atoms with Gasteiger partial charge in [0.2, 0.25) is 5.91 Å². The highest BCUT2D eigenvalue weighted by atomic mass is 16.5. The Hall–Kier alpha value is -2.24. The van der Waals surface area contributed by atoms with Crippen LogP contribution in [0, 0.1) is 5.92 Å². The van der Waals surface area contributed by atoms with E-state index in [9.17, 15) is 9.59 Å². The number of amides is 2. The van der Waals surface area contributed by atoms with Crippen molar-refractivity contribution in [3.63, 3.8) is 0 Å². The molecular weight excluding hydrogens is 282 g/mol. The van der Waals surface area contributed by atoms with Crippen LogP contribution < -0.4 is 16.2 Å². The number of likely N-dealkylation sites (tertiary alicyclic amines) is 1. The second-order valence-corrected chi connectivity index (χ2v) is 5.57. The molecule has 1 aromatic carbocycles. The van der Waals surface area contributed by atoms with E-state index in [2.05, 4.69) is 0 Å². The summed E-state index contributed by atoms with van der Waals surface area (Å²) in [6, 6.07) is 5.08. The van der Waals surface area contributed by atoms with Gasteiger partial charge in [-0.15, -0.1) is 0 Å². The Morgan fingerprint density at radius 2 is 2.00 bits per heavy atom. The van der Waals surface area contributed by atoms with Gasteiger partial charge < -0.3 is 21.1 Å². The first-order valence-electron chi connectivity index (χ1n) is 7.63. The monoisotopic (exact) mass is 305 g/mol. The molecule has 0 bridgehead atoms. The van der Waals surface area contributed by atoms with E-state index in [0.717, 1.165) is 6.42 Å². The molecule has 0 aromatic heterocycles. The van der Waals surface area contributed by atoms with Crippen LogP contribution in [0.3, 0.4) is 0 Å². The molecule has 2 rings (SSSR count). The van der Waals surface area contributed by atoms with Crippen molar-refractivity contribution in [3.05, 3.63) is 23.8 Å². The van der Waals surface area contributed by atoms with Crippen LogP contribution in [0.25, 0.3) is 0 Å². The number of nitrogen functional groups attached to an aromatic ring is 1. The van der Waals surface area contributed by atoms with E-state index >= 15 is 0 Å². The molecule has 120 valence electrons. The van der Waals surface area contributed by atoms with Crippen molar-refractivity contribution in [2.45, 2.75) is 26.2 Å². The van der Waals surface area contributed by atoms with Crippen molar-refractivity contribution < 1.29 is 14.3 Å². The number of rotatable bonds is 5. The minimum absolute atomic E-state index is 0.0655. The Balaban J connectivity index is 2.05. The summed E-state index contributed by atoms with van der Waals surface area (Å²) in [4.78, 5) is 25.4. The molecule has 0 saturated carbocycles. The Morgan fingerprint density at radius 3 is 2.59 bits per heavy atom. The molecule has 22 heavy (non-hydrogen) atoms. The molecule has 6 nitrogen and oxygen atoms in total. The third-order valence-electron chi connectivity index (χ3n) is 3.91. The minimum atomic E-state index is -0.283. The summed E-state index contributed by atoms with van der Waals surface area (Å²) in [5, 5.41) is 0. The SMILES string of the molecule is CCCOc1cc(C(=O)N2CCC(C(N)=O)CC2)ccc1N. The molecule has 0 radical (unpaired) electrons. The summed E-state index contributed by atoms with van der Waals surface area (Å²) in [7, 11) is 0. The summed E-state index contributed by atoms with van der Waals surface area (Å²) >= 11 is 0. The second-order valence-electron chi connectivity index (χ2n) is 5.57. The lowest BCUT2D eigenvalue weighted by atomic mass is 9.96. The van der Waals surface area contributed by atoms with Crippen molar-refractivity contribution in [2.75, 3.05) is 25.4 Å². The molecule has 4 N–H and O–H groups in total. The van der Waals surface area contributed by atoms with Gasteiger partial charge in [-0.05, 0) is 37.5 Å². The van der Waals surface area contributed by atoms with Crippen molar-refractivity contribution in [1.29, 1.82) is 0 Å². The highest BCUT2D eigenvalue weighted by Gasteiger charge is 2.26. The van der Waals surface area contributed by atoms with E-state index in [1.165, 1.54) is 0 Å². The van der Waals surface area contributed by atoms with E-state index < -0.39 is 0 Å². The highest BCUT2D eigenvalue weighted by molar-refractivity contribution is 5.95. The number of hydrogen-bond acceptors (Lipinski definition) is 4. The fourth-order valence-corrected chi connectivity index (χ4v) is 2.55. The number of anilines is 1. The Kier molecular flexibility index (Phi) is 5.25. The lowest BCUT2D eigenvalue weighted by Crippen LogP contribution is -2.41. The molecule has 1 aliphatic rings. The highest BCUT2D eigenvalue weighted by Crippen LogP contribution is 2.25. The van der Waals surface area contributed by atoms with E-state index in [-0.39, 0.29) is 17.7 Å². The maximum atomic E-state index is 12.5. The Morgan fingerprint density at radius 1 is 1.32 bits per heavy atom. The number of nitrogens with two attached hydrogens (primary N) is 2. The van der Waals surface area contributed by atoms with Crippen molar-refractivity contribution in [2.24, 2.45) is 11.7 Å². The molecule has 6 heteroatoms. The number of hydrogen-bond donors (Lipinski definition) is 2. The minimum Gasteiger partial charge on any atom is -0.491 e. The first-order valence-corrected chi connectivity index (χ1v) is 7.63. The van der Waals surface area contributed by atoms with Gasteiger partial charge in [0, 0.05) is 24.6 Å². The van der Waals surface area contributed by atoms with Gasteiger partial charge in [0.25, 0.3) is 5.91 Å². The molecule has 1 saturated heterocycles. The molecule has 0 spiro atoms. The largest absolute Gasteiger partial charge is 0.491 e. The summed E-state index contributed by atoms with van der Waals surface area (Å²) in [6.07, 6.45) is 2.11. The zero-order chi connectivity index (χ0) is 16.1. The number of benzene rings is 1. The number of piperidine rings is 1. The fourth-order valence-electron chi connectivity index (χ4n) is 2.55. The predicted octanol–water partition coefficient (Wildman–Crippen LogP) is 1.40. The molecule has 0 unspecified atom stereocenters. The van der Waals surface area contributed by atoms with Gasteiger partial charge in [0.15, 0.2) is 0 Å². The average molecular weight is 305 g/mol. The van der Waals surface area contributed by atoms with E-state index in [1.807, 2.05) is 6.92 Å². The van der Waals surface area contributed by atoms with Gasteiger partial charge in [0.05, 0.1) is 12.3 Å². The zero-order valence-corrected chi connectivity index (χ0v) is 12.9. The van der Waals surface area contributed by atoms with Gasteiger partial charge in [-0.3, -0.25) is 9.59 Å². The average Bonchev–Trinajstić information content (AvgIpc) is 2.53. The molecule has 0 atom stereocenters. The van der Waals surface area contributed by atoms with Gasteiger partial charge in [-0.25, -0.2) is 0 Å². The summed E-state index contributed by atoms with van der Waals surface area (Å²) < 4.78 is 5.56. The Labute approximate surface area is 130 Å². The number of primary amides is 1. The number of carbonyl (C=O) groups is 2. The molecule has 1 aromatic rings. The first-order chi connectivity index (χ1) is 10.5. The van der Waals surface area contributed by atoms with Crippen molar-refractivity contribution in [1.82, 2.24) is 4.90 Å². The summed E-state index contributed by atoms with van der Waals surface area (Å²) in [6.45, 7) is 3.66. The van der Waals surface area contributed by atoms with Crippen molar-refractivity contribution in [3.8, 4) is 5.75 Å². The van der Waals surface area contributed by atoms with Crippen LogP contribution in [0.15, 0.2) is 18.2 Å². The van der Waals surface area contributed by atoms with Gasteiger partial charge in [-0.2, -0.15) is 0 Å². The van der Waals surface area contributed by atoms with Crippen LogP contribution in [0.4, 0.5) is 5.69 Å². The van der Waals surface area contributed by atoms with Crippen LogP contribution in [-0.4, -0.2) is 36.4 Å².